The maximum Gasteiger partial charge on any atom is 0.257 e. The van der Waals surface area contributed by atoms with Gasteiger partial charge in [-0.2, -0.15) is 0 Å². The molecule has 0 saturated heterocycles. The summed E-state index contributed by atoms with van der Waals surface area (Å²) < 4.78 is 10.8. The van der Waals surface area contributed by atoms with Crippen LogP contribution in [0.1, 0.15) is 27.4 Å². The van der Waals surface area contributed by atoms with Gasteiger partial charge in [-0.3, -0.25) is 9.59 Å². The van der Waals surface area contributed by atoms with Crippen molar-refractivity contribution in [2.75, 3.05) is 20.3 Å². The molecule has 0 fully saturated rings. The summed E-state index contributed by atoms with van der Waals surface area (Å²) in [6, 6.07) is 22.3. The van der Waals surface area contributed by atoms with Gasteiger partial charge in [0.25, 0.3) is 5.91 Å². The van der Waals surface area contributed by atoms with Crippen molar-refractivity contribution in [3.8, 4) is 11.5 Å². The highest BCUT2D eigenvalue weighted by molar-refractivity contribution is 5.92. The lowest BCUT2D eigenvalue weighted by Gasteiger charge is -2.19. The molecule has 7 nitrogen and oxygen atoms in total. The number of fused-ring (bicyclic) bond motifs is 1. The molecular formula is C26H25N3O4. The zero-order chi connectivity index (χ0) is 23.2. The first-order valence-corrected chi connectivity index (χ1v) is 10.5. The molecule has 4 rings (SSSR count). The summed E-state index contributed by atoms with van der Waals surface area (Å²) in [6.45, 7) is 0.260. The first-order chi connectivity index (χ1) is 16.0. The first-order valence-electron chi connectivity index (χ1n) is 10.5. The zero-order valence-corrected chi connectivity index (χ0v) is 18.2. The van der Waals surface area contributed by atoms with Gasteiger partial charge >= 0.3 is 0 Å². The lowest BCUT2D eigenvalue weighted by atomic mass is 9.91. The van der Waals surface area contributed by atoms with Crippen LogP contribution in [0.3, 0.4) is 0 Å². The maximum absolute atomic E-state index is 12.5. The van der Waals surface area contributed by atoms with E-state index in [4.69, 9.17) is 15.2 Å². The molecule has 0 saturated carbocycles. The average molecular weight is 444 g/mol. The Balaban J connectivity index is 1.47. The van der Waals surface area contributed by atoms with Gasteiger partial charge in [0.1, 0.15) is 11.5 Å². The van der Waals surface area contributed by atoms with Crippen LogP contribution in [0.5, 0.6) is 11.5 Å². The molecule has 1 atom stereocenters. The predicted molar refractivity (Wildman–Crippen MR) is 127 cm³/mol. The van der Waals surface area contributed by atoms with E-state index in [-0.39, 0.29) is 18.4 Å². The Morgan fingerprint density at radius 1 is 0.970 bits per heavy atom. The number of carbonyl (C=O) groups is 2. The Bertz CT molecular complexity index is 1250. The molecule has 0 aliphatic heterocycles. The summed E-state index contributed by atoms with van der Waals surface area (Å²) in [7, 11) is 1.63. The number of amides is 2. The number of para-hydroxylation sites is 1. The van der Waals surface area contributed by atoms with Gasteiger partial charge in [0.2, 0.25) is 5.91 Å². The molecule has 4 N–H and O–H groups in total. The van der Waals surface area contributed by atoms with E-state index in [0.29, 0.717) is 17.9 Å². The molecule has 1 aromatic heterocycles. The highest BCUT2D eigenvalue weighted by Crippen LogP contribution is 2.31. The Labute approximate surface area is 191 Å². The van der Waals surface area contributed by atoms with E-state index in [1.807, 2.05) is 48.7 Å². The summed E-state index contributed by atoms with van der Waals surface area (Å²) in [5, 5.41) is 4.09. The number of primary amides is 1. The van der Waals surface area contributed by atoms with Gasteiger partial charge in [0, 0.05) is 35.1 Å². The molecule has 0 aliphatic carbocycles. The summed E-state index contributed by atoms with van der Waals surface area (Å²) in [5.74, 6) is 0.439. The topological polar surface area (TPSA) is 106 Å². The van der Waals surface area contributed by atoms with Crippen LogP contribution >= 0.6 is 0 Å². The van der Waals surface area contributed by atoms with E-state index in [9.17, 15) is 9.59 Å². The van der Waals surface area contributed by atoms with Crippen molar-refractivity contribution < 1.29 is 19.1 Å². The van der Waals surface area contributed by atoms with Crippen LogP contribution in [0, 0.1) is 0 Å². The zero-order valence-electron chi connectivity index (χ0n) is 18.2. The van der Waals surface area contributed by atoms with Gasteiger partial charge in [-0.1, -0.05) is 30.3 Å². The average Bonchev–Trinajstić information content (AvgIpc) is 3.27. The third-order valence-corrected chi connectivity index (χ3v) is 5.53. The molecule has 0 aliphatic rings. The Hall–Kier alpha value is -4.26. The van der Waals surface area contributed by atoms with E-state index >= 15 is 0 Å². The number of hydrogen-bond acceptors (Lipinski definition) is 4. The van der Waals surface area contributed by atoms with Crippen LogP contribution in [0.2, 0.25) is 0 Å². The Morgan fingerprint density at radius 2 is 1.67 bits per heavy atom. The molecular weight excluding hydrogens is 418 g/mol. The highest BCUT2D eigenvalue weighted by atomic mass is 16.5. The minimum atomic E-state index is -0.513. The fourth-order valence-corrected chi connectivity index (χ4v) is 3.76. The van der Waals surface area contributed by atoms with E-state index < -0.39 is 5.91 Å². The van der Waals surface area contributed by atoms with Gasteiger partial charge in [0.05, 0.1) is 7.11 Å². The van der Waals surface area contributed by atoms with Crippen molar-refractivity contribution in [3.63, 3.8) is 0 Å². The van der Waals surface area contributed by atoms with Crippen LogP contribution in [0.25, 0.3) is 10.9 Å². The van der Waals surface area contributed by atoms with Gasteiger partial charge in [-0.15, -0.1) is 0 Å². The molecule has 0 radical (unpaired) electrons. The number of ether oxygens (including phenoxy) is 2. The number of H-pyrrole nitrogens is 1. The van der Waals surface area contributed by atoms with Gasteiger partial charge in [-0.25, -0.2) is 0 Å². The summed E-state index contributed by atoms with van der Waals surface area (Å²) in [4.78, 5) is 27.0. The summed E-state index contributed by atoms with van der Waals surface area (Å²) >= 11 is 0. The third-order valence-electron chi connectivity index (χ3n) is 5.53. The van der Waals surface area contributed by atoms with E-state index in [2.05, 4.69) is 16.4 Å². The minimum Gasteiger partial charge on any atom is -0.497 e. The fraction of sp³-hybridized carbons (Fsp3) is 0.154. The number of benzene rings is 3. The Morgan fingerprint density at radius 3 is 2.36 bits per heavy atom. The SMILES string of the molecule is COc1ccc(C(CNC(=O)COc2ccc(C(N)=O)cc2)c2c[nH]c3ccccc23)cc1. The third kappa shape index (κ3) is 5.15. The molecule has 33 heavy (non-hydrogen) atoms. The van der Waals surface area contributed by atoms with Crippen molar-refractivity contribution >= 4 is 22.7 Å². The van der Waals surface area contributed by atoms with E-state index in [1.165, 1.54) is 0 Å². The molecule has 2 amide bonds. The standard InChI is InChI=1S/C26H25N3O4/c1-32-19-10-6-17(7-11-19)22(23-15-28-24-5-3-2-4-21(23)24)14-29-25(30)16-33-20-12-8-18(9-13-20)26(27)31/h2-13,15,22,28H,14,16H2,1H3,(H2,27,31)(H,29,30). The van der Waals surface area contributed by atoms with Gasteiger partial charge < -0.3 is 25.5 Å². The smallest absolute Gasteiger partial charge is 0.257 e. The monoisotopic (exact) mass is 443 g/mol. The number of nitrogens with two attached hydrogens (primary N) is 1. The molecule has 168 valence electrons. The number of aromatic nitrogens is 1. The lowest BCUT2D eigenvalue weighted by molar-refractivity contribution is -0.123. The van der Waals surface area contributed by atoms with Crippen molar-refractivity contribution in [3.05, 3.63) is 95.7 Å². The molecule has 0 bridgehead atoms. The van der Waals surface area contributed by atoms with Crippen LogP contribution < -0.4 is 20.5 Å². The van der Waals surface area contributed by atoms with Gasteiger partial charge in [0.15, 0.2) is 6.61 Å². The normalized spacial score (nSPS) is 11.7. The summed E-state index contributed by atoms with van der Waals surface area (Å²) in [5.41, 5.74) is 8.82. The number of rotatable bonds is 9. The van der Waals surface area contributed by atoms with Crippen molar-refractivity contribution in [1.29, 1.82) is 0 Å². The van der Waals surface area contributed by atoms with Crippen LogP contribution in [0.4, 0.5) is 0 Å². The predicted octanol–water partition coefficient (Wildman–Crippen LogP) is 3.60. The Kier molecular flexibility index (Phi) is 6.59. The van der Waals surface area contributed by atoms with E-state index in [0.717, 1.165) is 27.8 Å². The van der Waals surface area contributed by atoms with E-state index in [1.54, 1.807) is 31.4 Å². The summed E-state index contributed by atoms with van der Waals surface area (Å²) in [6.07, 6.45) is 1.99. The van der Waals surface area contributed by atoms with Crippen LogP contribution in [-0.4, -0.2) is 37.1 Å². The van der Waals surface area contributed by atoms with Crippen LogP contribution in [-0.2, 0) is 4.79 Å². The minimum absolute atomic E-state index is 0.0640. The van der Waals surface area contributed by atoms with Gasteiger partial charge in [-0.05, 0) is 53.6 Å². The van der Waals surface area contributed by atoms with Crippen molar-refractivity contribution in [2.45, 2.75) is 5.92 Å². The second-order valence-corrected chi connectivity index (χ2v) is 7.60. The maximum atomic E-state index is 12.5. The number of nitrogens with one attached hydrogen (secondary N) is 2. The molecule has 0 spiro atoms. The van der Waals surface area contributed by atoms with Crippen molar-refractivity contribution in [1.82, 2.24) is 10.3 Å². The first kappa shape index (κ1) is 22.0. The quantitative estimate of drug-likeness (QED) is 0.367. The molecule has 1 unspecified atom stereocenters. The number of hydrogen-bond donors (Lipinski definition) is 3. The molecule has 3 aromatic carbocycles. The number of methoxy groups -OCH3 is 1. The lowest BCUT2D eigenvalue weighted by Crippen LogP contribution is -2.32. The largest absolute Gasteiger partial charge is 0.497 e. The fourth-order valence-electron chi connectivity index (χ4n) is 3.76. The second-order valence-electron chi connectivity index (χ2n) is 7.60. The number of aromatic amines is 1. The number of carbonyl (C=O) groups excluding carboxylic acids is 2. The van der Waals surface area contributed by atoms with Crippen LogP contribution in [0.15, 0.2) is 79.0 Å². The molecule has 7 heteroatoms. The highest BCUT2D eigenvalue weighted by Gasteiger charge is 2.19. The molecule has 4 aromatic rings. The second kappa shape index (κ2) is 9.91. The van der Waals surface area contributed by atoms with Crippen molar-refractivity contribution in [2.24, 2.45) is 5.73 Å². The molecule has 1 heterocycles.